The molecule has 1 aromatic rings. The highest BCUT2D eigenvalue weighted by Gasteiger charge is 2.46. The Kier molecular flexibility index (Phi) is 97.6. The highest BCUT2D eigenvalue weighted by molar-refractivity contribution is 6.03. The molecule has 0 bridgehead atoms. The van der Waals surface area contributed by atoms with Gasteiger partial charge in [-0.2, -0.15) is 0 Å². The standard InChI is InChI=1S/C101H182N2O35/c1-3-5-42-135-96(106)34-28-21-17-13-9-7-11-15-19-23-30-39-101(100(110)137-92-93-32-26-25-27-33-93,40-31-24-20-16-12-8-10-14-18-22-29-35-97(107)136-43-6-4-2)99(109)102-41-45-112-47-49-114-51-53-116-55-57-118-59-61-120-63-65-122-67-69-124-71-73-126-75-77-128-79-81-130-83-85-132-87-89-134-91-90-133-88-86-131-84-82-129-80-78-127-76-74-125-72-70-123-68-66-121-64-62-119-60-58-117-56-54-115-52-50-113-48-46-111-44-38-98(108)138-103-94(104)36-37-95(103)105/h25-27,32-33H,3-24,28-31,34-92H2,1-2H3,(H,102,109). The minimum atomic E-state index is -1.31. The summed E-state index contributed by atoms with van der Waals surface area (Å²) in [7, 11) is 0. The van der Waals surface area contributed by atoms with Crippen LogP contribution < -0.4 is 5.32 Å². The molecule has 0 saturated carbocycles. The van der Waals surface area contributed by atoms with Crippen molar-refractivity contribution in [1.29, 1.82) is 0 Å². The molecule has 1 fully saturated rings. The summed E-state index contributed by atoms with van der Waals surface area (Å²) in [6, 6.07) is 9.64. The van der Waals surface area contributed by atoms with Crippen LogP contribution in [-0.2, 0) is 173 Å². The Hall–Kier alpha value is -5.25. The molecule has 1 heterocycles. The second kappa shape index (κ2) is 105. The number of hydroxylamine groups is 2. The molecular weight excluding hydrogens is 1800 g/mol. The molecule has 138 heavy (non-hydrogen) atoms. The van der Waals surface area contributed by atoms with Crippen molar-refractivity contribution in [2.45, 2.75) is 232 Å². The zero-order valence-corrected chi connectivity index (χ0v) is 84.7. The van der Waals surface area contributed by atoms with Crippen LogP contribution in [0, 0.1) is 5.41 Å². The monoisotopic (exact) mass is 1980 g/mol. The Morgan fingerprint density at radius 2 is 0.478 bits per heavy atom. The first-order valence-electron chi connectivity index (χ1n) is 51.9. The second-order valence-corrected chi connectivity index (χ2v) is 32.8. The number of ether oxygens (including phenoxy) is 27. The van der Waals surface area contributed by atoms with Crippen molar-refractivity contribution in [3.8, 4) is 0 Å². The Balaban J connectivity index is 1.32. The van der Waals surface area contributed by atoms with Crippen LogP contribution in [0.4, 0.5) is 0 Å². The molecular formula is C101H182N2O35. The Morgan fingerprint density at radius 3 is 0.725 bits per heavy atom. The number of rotatable bonds is 114. The SMILES string of the molecule is CCCCOC(=O)CCCCCCCCCCCCCC(CCCCCCCCCCCCCC(=O)OCCCC)(C(=O)NCCOCCOCCOCCOCCOCCOCCOCCOCCOCCOCCOCCOCCOCCOCCOCCOCCOCCOCCOCCOCCOCCOCCOCCOCCC(=O)ON1C(=O)CCC1=O)C(=O)OCc1ccccc1. The van der Waals surface area contributed by atoms with Gasteiger partial charge in [-0.1, -0.05) is 185 Å². The molecule has 1 aliphatic rings. The number of carbonyl (C=O) groups excluding carboxylic acids is 7. The molecule has 3 amide bonds. The lowest BCUT2D eigenvalue weighted by Gasteiger charge is -2.31. The molecule has 0 spiro atoms. The Bertz CT molecular complexity index is 2770. The summed E-state index contributed by atoms with van der Waals surface area (Å²) in [5.74, 6) is -2.64. The molecule has 0 unspecified atom stereocenters. The number of imide groups is 1. The van der Waals surface area contributed by atoms with Crippen molar-refractivity contribution in [3.63, 3.8) is 0 Å². The maximum Gasteiger partial charge on any atom is 0.335 e. The third-order valence-corrected chi connectivity index (χ3v) is 21.3. The summed E-state index contributed by atoms with van der Waals surface area (Å²) in [4.78, 5) is 92.2. The zero-order valence-electron chi connectivity index (χ0n) is 84.7. The normalized spacial score (nSPS) is 12.3. The van der Waals surface area contributed by atoms with Crippen molar-refractivity contribution in [2.75, 3.05) is 337 Å². The van der Waals surface area contributed by atoms with Crippen molar-refractivity contribution in [3.05, 3.63) is 35.9 Å². The summed E-state index contributed by atoms with van der Waals surface area (Å²) in [6.07, 6.45) is 29.0. The lowest BCUT2D eigenvalue weighted by atomic mass is 9.76. The zero-order chi connectivity index (χ0) is 98.8. The van der Waals surface area contributed by atoms with Gasteiger partial charge in [0.25, 0.3) is 11.8 Å². The lowest BCUT2D eigenvalue weighted by molar-refractivity contribution is -0.198. The topological polar surface area (TPSA) is 393 Å². The van der Waals surface area contributed by atoms with Crippen LogP contribution >= 0.6 is 0 Å². The average molecular weight is 1980 g/mol. The van der Waals surface area contributed by atoms with E-state index in [1.165, 1.54) is 38.5 Å². The molecule has 37 heteroatoms. The number of nitrogens with one attached hydrogen (secondary N) is 1. The molecule has 1 aliphatic heterocycles. The van der Waals surface area contributed by atoms with Gasteiger partial charge in [0.2, 0.25) is 5.91 Å². The van der Waals surface area contributed by atoms with E-state index in [0.29, 0.717) is 341 Å². The Labute approximate surface area is 825 Å². The van der Waals surface area contributed by atoms with E-state index >= 15 is 0 Å². The van der Waals surface area contributed by atoms with E-state index in [2.05, 4.69) is 19.2 Å². The number of amides is 3. The van der Waals surface area contributed by atoms with E-state index in [1.807, 2.05) is 30.3 Å². The van der Waals surface area contributed by atoms with Crippen LogP contribution in [0.25, 0.3) is 0 Å². The first-order chi connectivity index (χ1) is 68.1. The number of hydrogen-bond donors (Lipinski definition) is 1. The number of carbonyl (C=O) groups is 7. The van der Waals surface area contributed by atoms with Crippen molar-refractivity contribution in [1.82, 2.24) is 10.4 Å². The third kappa shape index (κ3) is 87.3. The second-order valence-electron chi connectivity index (χ2n) is 32.8. The van der Waals surface area contributed by atoms with Crippen LogP contribution in [0.2, 0.25) is 0 Å². The molecule has 806 valence electrons. The van der Waals surface area contributed by atoms with Gasteiger partial charge in [-0.3, -0.25) is 28.8 Å². The number of unbranched alkanes of at least 4 members (excludes halogenated alkanes) is 22. The van der Waals surface area contributed by atoms with Gasteiger partial charge in [-0.15, -0.1) is 5.06 Å². The quantitative estimate of drug-likeness (QED) is 0.0208. The molecule has 0 radical (unpaired) electrons. The highest BCUT2D eigenvalue weighted by Crippen LogP contribution is 2.35. The fourth-order valence-electron chi connectivity index (χ4n) is 13.4. The molecule has 1 N–H and O–H groups in total. The molecule has 2 rings (SSSR count). The minimum absolute atomic E-state index is 0.0485. The molecule has 0 aliphatic carbocycles. The van der Waals surface area contributed by atoms with E-state index in [-0.39, 0.29) is 70.1 Å². The highest BCUT2D eigenvalue weighted by atomic mass is 16.7. The first-order valence-corrected chi connectivity index (χ1v) is 51.9. The van der Waals surface area contributed by atoms with Crippen LogP contribution in [-0.4, -0.2) is 384 Å². The lowest BCUT2D eigenvalue weighted by Crippen LogP contribution is -2.48. The maximum absolute atomic E-state index is 14.5. The Morgan fingerprint density at radius 1 is 0.254 bits per heavy atom. The van der Waals surface area contributed by atoms with Gasteiger partial charge in [0.05, 0.1) is 337 Å². The summed E-state index contributed by atoms with van der Waals surface area (Å²) >= 11 is 0. The summed E-state index contributed by atoms with van der Waals surface area (Å²) in [6.45, 7) is 26.1. The molecule has 0 atom stereocenters. The fourth-order valence-corrected chi connectivity index (χ4v) is 13.4. The minimum Gasteiger partial charge on any atom is -0.466 e. The first kappa shape index (κ1) is 129. The number of benzene rings is 1. The van der Waals surface area contributed by atoms with Gasteiger partial charge in [0.15, 0.2) is 0 Å². The molecule has 0 aromatic heterocycles. The molecule has 1 aromatic carbocycles. The number of esters is 3. The largest absolute Gasteiger partial charge is 0.466 e. The van der Waals surface area contributed by atoms with Gasteiger partial charge in [0.1, 0.15) is 12.0 Å². The maximum atomic E-state index is 14.5. The predicted molar refractivity (Wildman–Crippen MR) is 515 cm³/mol. The van der Waals surface area contributed by atoms with Crippen molar-refractivity contribution in [2.24, 2.45) is 5.41 Å². The van der Waals surface area contributed by atoms with Gasteiger partial charge >= 0.3 is 23.9 Å². The van der Waals surface area contributed by atoms with Crippen LogP contribution in [0.1, 0.15) is 231 Å². The van der Waals surface area contributed by atoms with Crippen molar-refractivity contribution >= 4 is 41.6 Å². The third-order valence-electron chi connectivity index (χ3n) is 21.3. The van der Waals surface area contributed by atoms with Gasteiger partial charge < -0.3 is 138 Å². The summed E-state index contributed by atoms with van der Waals surface area (Å²) in [5.41, 5.74) is -0.433. The molecule has 1 saturated heterocycles. The van der Waals surface area contributed by atoms with E-state index < -0.39 is 29.2 Å². The van der Waals surface area contributed by atoms with Gasteiger partial charge in [-0.25, -0.2) is 4.79 Å². The average Bonchev–Trinajstić information content (AvgIpc) is 0.865. The van der Waals surface area contributed by atoms with E-state index in [4.69, 9.17) is 133 Å². The van der Waals surface area contributed by atoms with Crippen LogP contribution in [0.3, 0.4) is 0 Å². The van der Waals surface area contributed by atoms with Gasteiger partial charge in [0, 0.05) is 32.2 Å². The summed E-state index contributed by atoms with van der Waals surface area (Å²) < 4.78 is 150. The van der Waals surface area contributed by atoms with E-state index in [1.54, 1.807) is 0 Å². The smallest absolute Gasteiger partial charge is 0.335 e. The van der Waals surface area contributed by atoms with Gasteiger partial charge in [-0.05, 0) is 44.1 Å². The summed E-state index contributed by atoms with van der Waals surface area (Å²) in [5, 5.41) is 3.60. The predicted octanol–water partition coefficient (Wildman–Crippen LogP) is 12.1. The van der Waals surface area contributed by atoms with Crippen molar-refractivity contribution < 1.29 is 166 Å². The van der Waals surface area contributed by atoms with Crippen LogP contribution in [0.15, 0.2) is 30.3 Å². The fraction of sp³-hybridized carbons (Fsp3) is 0.871. The van der Waals surface area contributed by atoms with E-state index in [0.717, 1.165) is 134 Å². The van der Waals surface area contributed by atoms with Crippen LogP contribution in [0.5, 0.6) is 0 Å². The number of hydrogen-bond acceptors (Lipinski definition) is 35. The van der Waals surface area contributed by atoms with E-state index in [9.17, 15) is 33.6 Å². The number of nitrogens with zero attached hydrogens (tertiary/aromatic N) is 1. The molecule has 37 nitrogen and oxygen atoms in total.